The number of anilines is 2. The van der Waals surface area contributed by atoms with Gasteiger partial charge in [-0.25, -0.2) is 4.39 Å². The molecule has 0 radical (unpaired) electrons. The Morgan fingerprint density at radius 1 is 1.26 bits per heavy atom. The molecule has 0 aliphatic heterocycles. The number of phenolic OH excluding ortho intramolecular Hbond substituents is 1. The van der Waals surface area contributed by atoms with E-state index in [-0.39, 0.29) is 27.7 Å². The molecule has 0 aliphatic rings. The van der Waals surface area contributed by atoms with Gasteiger partial charge < -0.3 is 16.2 Å². The van der Waals surface area contributed by atoms with Crippen LogP contribution in [0.2, 0.25) is 5.02 Å². The number of amides is 1. The highest BCUT2D eigenvalue weighted by Gasteiger charge is 2.13. The van der Waals surface area contributed by atoms with E-state index in [1.165, 1.54) is 30.3 Å². The number of rotatable bonds is 2. The lowest BCUT2D eigenvalue weighted by Gasteiger charge is -2.09. The van der Waals surface area contributed by atoms with E-state index in [1.54, 1.807) is 0 Å². The van der Waals surface area contributed by atoms with Crippen molar-refractivity contribution < 1.29 is 14.3 Å². The maximum atomic E-state index is 12.9. The summed E-state index contributed by atoms with van der Waals surface area (Å²) < 4.78 is 12.9. The van der Waals surface area contributed by atoms with E-state index in [1.807, 2.05) is 0 Å². The quantitative estimate of drug-likeness (QED) is 0.740. The van der Waals surface area contributed by atoms with Gasteiger partial charge in [0.25, 0.3) is 5.91 Å². The van der Waals surface area contributed by atoms with Gasteiger partial charge in [-0.05, 0) is 36.4 Å². The molecule has 4 N–H and O–H groups in total. The lowest BCUT2D eigenvalue weighted by atomic mass is 10.2. The third-order valence-electron chi connectivity index (χ3n) is 2.46. The summed E-state index contributed by atoms with van der Waals surface area (Å²) >= 11 is 5.86. The zero-order valence-corrected chi connectivity index (χ0v) is 10.4. The molecule has 2 aromatic carbocycles. The first-order valence-corrected chi connectivity index (χ1v) is 5.70. The number of carbonyl (C=O) groups excluding carboxylic acids is 1. The summed E-state index contributed by atoms with van der Waals surface area (Å²) in [5.41, 5.74) is 6.05. The number of nitrogens with one attached hydrogen (secondary N) is 1. The Morgan fingerprint density at radius 2 is 2.00 bits per heavy atom. The van der Waals surface area contributed by atoms with Crippen molar-refractivity contribution in [3.05, 3.63) is 52.8 Å². The van der Waals surface area contributed by atoms with E-state index in [4.69, 9.17) is 17.3 Å². The van der Waals surface area contributed by atoms with Crippen LogP contribution in [0.25, 0.3) is 0 Å². The lowest BCUT2D eigenvalue weighted by Crippen LogP contribution is -2.13. The Labute approximate surface area is 113 Å². The van der Waals surface area contributed by atoms with Crippen molar-refractivity contribution in [3.8, 4) is 5.75 Å². The fourth-order valence-electron chi connectivity index (χ4n) is 1.52. The van der Waals surface area contributed by atoms with E-state index < -0.39 is 11.7 Å². The summed E-state index contributed by atoms with van der Waals surface area (Å²) in [4.78, 5) is 12.0. The number of benzene rings is 2. The van der Waals surface area contributed by atoms with Crippen LogP contribution in [0.5, 0.6) is 5.75 Å². The van der Waals surface area contributed by atoms with E-state index in [0.29, 0.717) is 0 Å². The van der Waals surface area contributed by atoms with Gasteiger partial charge in [-0.1, -0.05) is 11.6 Å². The number of hydrogen-bond donors (Lipinski definition) is 3. The summed E-state index contributed by atoms with van der Waals surface area (Å²) in [7, 11) is 0. The lowest BCUT2D eigenvalue weighted by molar-refractivity contribution is 0.102. The number of aromatic hydroxyl groups is 1. The predicted molar refractivity (Wildman–Crippen MR) is 71.9 cm³/mol. The zero-order chi connectivity index (χ0) is 14.0. The molecule has 0 heterocycles. The third-order valence-corrected chi connectivity index (χ3v) is 2.79. The second-order valence-corrected chi connectivity index (χ2v) is 4.26. The minimum atomic E-state index is -0.542. The van der Waals surface area contributed by atoms with Crippen LogP contribution >= 0.6 is 11.6 Å². The Bertz CT molecular complexity index is 647. The standard InChI is InChI=1S/C13H10ClFN2O2/c14-10-3-2-8(18)6-9(10)13(19)17-12-4-1-7(15)5-11(12)16/h1-6,18H,16H2,(H,17,19). The van der Waals surface area contributed by atoms with Gasteiger partial charge in [0.1, 0.15) is 11.6 Å². The van der Waals surface area contributed by atoms with Gasteiger partial charge in [-0.2, -0.15) is 0 Å². The number of nitrogen functional groups attached to an aromatic ring is 1. The molecule has 98 valence electrons. The second-order valence-electron chi connectivity index (χ2n) is 3.85. The van der Waals surface area contributed by atoms with Crippen LogP contribution in [0, 0.1) is 5.82 Å². The van der Waals surface area contributed by atoms with E-state index >= 15 is 0 Å². The Kier molecular flexibility index (Phi) is 3.57. The van der Waals surface area contributed by atoms with Crippen LogP contribution < -0.4 is 11.1 Å². The van der Waals surface area contributed by atoms with Crippen molar-refractivity contribution in [2.45, 2.75) is 0 Å². The molecule has 0 spiro atoms. The first-order chi connectivity index (χ1) is 8.97. The molecule has 6 heteroatoms. The number of halogens is 2. The van der Waals surface area contributed by atoms with Crippen LogP contribution in [-0.2, 0) is 0 Å². The maximum absolute atomic E-state index is 12.9. The average Bonchev–Trinajstić information content (AvgIpc) is 2.35. The van der Waals surface area contributed by atoms with Crippen molar-refractivity contribution in [1.29, 1.82) is 0 Å². The second kappa shape index (κ2) is 5.16. The van der Waals surface area contributed by atoms with Gasteiger partial charge >= 0.3 is 0 Å². The topological polar surface area (TPSA) is 75.3 Å². The highest BCUT2D eigenvalue weighted by molar-refractivity contribution is 6.34. The summed E-state index contributed by atoms with van der Waals surface area (Å²) in [6.07, 6.45) is 0. The minimum absolute atomic E-state index is 0.0818. The molecule has 0 fully saturated rings. The molecule has 0 aromatic heterocycles. The smallest absolute Gasteiger partial charge is 0.257 e. The molecule has 4 nitrogen and oxygen atoms in total. The number of phenols is 1. The van der Waals surface area contributed by atoms with Gasteiger partial charge in [0.15, 0.2) is 0 Å². The zero-order valence-electron chi connectivity index (χ0n) is 9.65. The molecule has 0 aliphatic carbocycles. The normalized spacial score (nSPS) is 10.2. The Balaban J connectivity index is 2.28. The highest BCUT2D eigenvalue weighted by Crippen LogP contribution is 2.24. The van der Waals surface area contributed by atoms with Gasteiger partial charge in [-0.3, -0.25) is 4.79 Å². The molecule has 0 saturated heterocycles. The van der Waals surface area contributed by atoms with Crippen LogP contribution in [0.4, 0.5) is 15.8 Å². The van der Waals surface area contributed by atoms with Crippen LogP contribution in [0.3, 0.4) is 0 Å². The van der Waals surface area contributed by atoms with Gasteiger partial charge in [0.2, 0.25) is 0 Å². The van der Waals surface area contributed by atoms with E-state index in [9.17, 15) is 14.3 Å². The van der Waals surface area contributed by atoms with Crippen LogP contribution in [0.1, 0.15) is 10.4 Å². The SMILES string of the molecule is Nc1cc(F)ccc1NC(=O)c1cc(O)ccc1Cl. The molecule has 0 bridgehead atoms. The van der Waals surface area contributed by atoms with Crippen molar-refractivity contribution in [3.63, 3.8) is 0 Å². The Hall–Kier alpha value is -2.27. The molecule has 0 saturated carbocycles. The molecular formula is C13H10ClFN2O2. The van der Waals surface area contributed by atoms with E-state index in [2.05, 4.69) is 5.32 Å². The highest BCUT2D eigenvalue weighted by atomic mass is 35.5. The summed E-state index contributed by atoms with van der Waals surface area (Å²) in [5, 5.41) is 12.0. The minimum Gasteiger partial charge on any atom is -0.508 e. The average molecular weight is 281 g/mol. The van der Waals surface area contributed by atoms with Gasteiger partial charge in [-0.15, -0.1) is 0 Å². The largest absolute Gasteiger partial charge is 0.508 e. The Morgan fingerprint density at radius 3 is 2.68 bits per heavy atom. The summed E-state index contributed by atoms with van der Waals surface area (Å²) in [6, 6.07) is 7.62. The fraction of sp³-hybridized carbons (Fsp3) is 0. The van der Waals surface area contributed by atoms with Crippen LogP contribution in [-0.4, -0.2) is 11.0 Å². The van der Waals surface area contributed by atoms with Crippen molar-refractivity contribution >= 4 is 28.9 Å². The van der Waals surface area contributed by atoms with Crippen molar-refractivity contribution in [1.82, 2.24) is 0 Å². The van der Waals surface area contributed by atoms with Gasteiger partial charge in [0.05, 0.1) is 22.0 Å². The predicted octanol–water partition coefficient (Wildman–Crippen LogP) is 3.02. The molecule has 0 atom stereocenters. The third kappa shape index (κ3) is 2.95. The van der Waals surface area contributed by atoms with Crippen LogP contribution in [0.15, 0.2) is 36.4 Å². The van der Waals surface area contributed by atoms with Gasteiger partial charge in [0, 0.05) is 0 Å². The number of nitrogens with two attached hydrogens (primary N) is 1. The molecule has 0 unspecified atom stereocenters. The number of hydrogen-bond acceptors (Lipinski definition) is 3. The summed E-state index contributed by atoms with van der Waals surface area (Å²) in [6.45, 7) is 0. The molecule has 2 aromatic rings. The van der Waals surface area contributed by atoms with E-state index in [0.717, 1.165) is 6.07 Å². The molecular weight excluding hydrogens is 271 g/mol. The number of carbonyl (C=O) groups is 1. The maximum Gasteiger partial charge on any atom is 0.257 e. The summed E-state index contributed by atoms with van der Waals surface area (Å²) in [5.74, 6) is -1.12. The van der Waals surface area contributed by atoms with Crippen molar-refractivity contribution in [2.75, 3.05) is 11.1 Å². The first kappa shape index (κ1) is 13.2. The molecule has 19 heavy (non-hydrogen) atoms. The monoisotopic (exact) mass is 280 g/mol. The fourth-order valence-corrected chi connectivity index (χ4v) is 1.73. The molecule has 1 amide bonds. The molecule has 2 rings (SSSR count). The first-order valence-electron chi connectivity index (χ1n) is 5.32. The van der Waals surface area contributed by atoms with Crippen molar-refractivity contribution in [2.24, 2.45) is 0 Å².